The molecular weight excluding hydrogens is 424 g/mol. The van der Waals surface area contributed by atoms with E-state index in [1.807, 2.05) is 24.3 Å². The van der Waals surface area contributed by atoms with Crippen LogP contribution in [0.1, 0.15) is 44.4 Å². The number of carbonyl (C=O) groups is 2. The molecule has 0 bridgehead atoms. The summed E-state index contributed by atoms with van der Waals surface area (Å²) in [6, 6.07) is 10.2. The zero-order chi connectivity index (χ0) is 23.3. The van der Waals surface area contributed by atoms with Crippen molar-refractivity contribution in [3.8, 4) is 0 Å². The van der Waals surface area contributed by atoms with Crippen LogP contribution in [0.15, 0.2) is 54.6 Å². The Morgan fingerprint density at radius 2 is 2.00 bits per heavy atom. The number of fused-ring (bicyclic) bond motifs is 1. The molecule has 32 heavy (non-hydrogen) atoms. The highest BCUT2D eigenvalue weighted by atomic mass is 32.1. The maximum absolute atomic E-state index is 12.9. The van der Waals surface area contributed by atoms with Crippen LogP contribution in [0, 0.1) is 17.3 Å². The molecule has 1 aromatic carbocycles. The highest BCUT2D eigenvalue weighted by Crippen LogP contribution is 2.44. The van der Waals surface area contributed by atoms with E-state index in [2.05, 4.69) is 18.2 Å². The van der Waals surface area contributed by atoms with Gasteiger partial charge in [0.1, 0.15) is 5.78 Å². The topological polar surface area (TPSA) is 94.8 Å². The number of aliphatic hydroxyl groups excluding tert-OH is 2. The van der Waals surface area contributed by atoms with Gasteiger partial charge in [0.25, 0.3) is 0 Å². The van der Waals surface area contributed by atoms with Crippen molar-refractivity contribution in [1.29, 1.82) is 0 Å². The lowest BCUT2D eigenvalue weighted by atomic mass is 9.86. The van der Waals surface area contributed by atoms with Crippen molar-refractivity contribution in [3.63, 3.8) is 0 Å². The van der Waals surface area contributed by atoms with Gasteiger partial charge in [-0.2, -0.15) is 0 Å². The quantitative estimate of drug-likeness (QED) is 0.354. The molecule has 1 unspecified atom stereocenters. The Morgan fingerprint density at radius 3 is 2.72 bits per heavy atom. The molecular formula is C26H32O5S. The lowest BCUT2D eigenvalue weighted by Gasteiger charge is -2.22. The van der Waals surface area contributed by atoms with Crippen LogP contribution in [0.4, 0.5) is 0 Å². The number of aliphatic hydroxyl groups is 2. The molecule has 2 aromatic rings. The smallest absolute Gasteiger partial charge is 0.303 e. The van der Waals surface area contributed by atoms with E-state index in [-0.39, 0.29) is 24.0 Å². The molecule has 1 saturated carbocycles. The number of hydrogen-bond acceptors (Lipinski definition) is 5. The Kier molecular flexibility index (Phi) is 8.04. The number of carboxylic acid groups (broad SMARTS) is 1. The predicted octanol–water partition coefficient (Wildman–Crippen LogP) is 4.76. The number of carbonyl (C=O) groups excluding carboxylic acids is 1. The molecule has 1 heterocycles. The van der Waals surface area contributed by atoms with Gasteiger partial charge in [-0.3, -0.25) is 9.59 Å². The molecule has 0 spiro atoms. The van der Waals surface area contributed by atoms with Crippen LogP contribution in [0.2, 0.25) is 0 Å². The molecule has 3 N–H and O–H groups in total. The molecule has 0 amide bonds. The number of carboxylic acids is 1. The van der Waals surface area contributed by atoms with Crippen LogP contribution < -0.4 is 0 Å². The van der Waals surface area contributed by atoms with E-state index in [4.69, 9.17) is 5.11 Å². The van der Waals surface area contributed by atoms with Gasteiger partial charge in [-0.15, -0.1) is 11.3 Å². The van der Waals surface area contributed by atoms with Crippen LogP contribution in [-0.4, -0.2) is 39.3 Å². The first-order chi connectivity index (χ1) is 15.2. The maximum Gasteiger partial charge on any atom is 0.303 e. The van der Waals surface area contributed by atoms with E-state index >= 15 is 0 Å². The molecule has 3 rings (SSSR count). The van der Waals surface area contributed by atoms with Gasteiger partial charge in [-0.1, -0.05) is 56.4 Å². The fourth-order valence-electron chi connectivity index (χ4n) is 4.40. The molecule has 0 aliphatic heterocycles. The molecule has 1 aliphatic carbocycles. The number of rotatable bonds is 10. The van der Waals surface area contributed by atoms with Gasteiger partial charge >= 0.3 is 5.97 Å². The predicted molar refractivity (Wildman–Crippen MR) is 128 cm³/mol. The molecule has 1 aliphatic rings. The normalized spacial score (nSPS) is 24.1. The summed E-state index contributed by atoms with van der Waals surface area (Å²) in [7, 11) is 0. The van der Waals surface area contributed by atoms with Crippen LogP contribution >= 0.6 is 11.3 Å². The van der Waals surface area contributed by atoms with Gasteiger partial charge in [0.15, 0.2) is 0 Å². The van der Waals surface area contributed by atoms with E-state index in [1.54, 1.807) is 37.3 Å². The van der Waals surface area contributed by atoms with Crippen molar-refractivity contribution in [2.24, 2.45) is 17.3 Å². The summed E-state index contributed by atoms with van der Waals surface area (Å²) < 4.78 is 1.19. The van der Waals surface area contributed by atoms with Crippen molar-refractivity contribution in [1.82, 2.24) is 0 Å². The number of aliphatic carboxylic acids is 1. The molecule has 0 saturated heterocycles. The monoisotopic (exact) mass is 456 g/mol. The first-order valence-corrected chi connectivity index (χ1v) is 11.9. The lowest BCUT2D eigenvalue weighted by Crippen LogP contribution is -2.31. The number of Topliss-reactive ketones (excluding diaryl/α,β-unsaturated/α-hetero) is 1. The second-order valence-electron chi connectivity index (χ2n) is 9.11. The van der Waals surface area contributed by atoms with Crippen LogP contribution in [0.3, 0.4) is 0 Å². The molecule has 6 heteroatoms. The molecule has 4 atom stereocenters. The second-order valence-corrected chi connectivity index (χ2v) is 10.3. The fraction of sp³-hybridized carbons (Fsp3) is 0.462. The van der Waals surface area contributed by atoms with Crippen molar-refractivity contribution in [2.75, 3.05) is 0 Å². The highest BCUT2D eigenvalue weighted by molar-refractivity contribution is 7.19. The van der Waals surface area contributed by atoms with Crippen molar-refractivity contribution in [3.05, 3.63) is 59.5 Å². The average Bonchev–Trinajstić information content (AvgIpc) is 3.21. The van der Waals surface area contributed by atoms with E-state index in [9.17, 15) is 19.8 Å². The third kappa shape index (κ3) is 5.74. The lowest BCUT2D eigenvalue weighted by molar-refractivity contribution is -0.137. The summed E-state index contributed by atoms with van der Waals surface area (Å²) in [5.74, 6) is -1.51. The zero-order valence-corrected chi connectivity index (χ0v) is 19.4. The van der Waals surface area contributed by atoms with Crippen LogP contribution in [0.25, 0.3) is 10.1 Å². The van der Waals surface area contributed by atoms with Gasteiger partial charge in [0, 0.05) is 34.3 Å². The van der Waals surface area contributed by atoms with Crippen molar-refractivity contribution >= 4 is 33.2 Å². The first-order valence-electron chi connectivity index (χ1n) is 11.1. The maximum atomic E-state index is 12.9. The third-order valence-corrected chi connectivity index (χ3v) is 7.44. The summed E-state index contributed by atoms with van der Waals surface area (Å²) in [6.45, 7) is 3.54. The summed E-state index contributed by atoms with van der Waals surface area (Å²) in [6.07, 6.45) is 8.14. The number of unbranched alkanes of at least 4 members (excludes halogenated alkanes) is 1. The summed E-state index contributed by atoms with van der Waals surface area (Å²) in [5.41, 5.74) is -0.840. The van der Waals surface area contributed by atoms with Gasteiger partial charge < -0.3 is 15.3 Å². The minimum atomic E-state index is -0.840. The summed E-state index contributed by atoms with van der Waals surface area (Å²) in [4.78, 5) is 24.6. The Balaban J connectivity index is 1.64. The van der Waals surface area contributed by atoms with E-state index < -0.39 is 23.6 Å². The molecule has 172 valence electrons. The minimum absolute atomic E-state index is 0.0221. The highest BCUT2D eigenvalue weighted by Gasteiger charge is 2.52. The number of ketones is 1. The molecule has 1 aromatic heterocycles. The Labute approximate surface area is 193 Å². The fourth-order valence-corrected chi connectivity index (χ4v) is 5.52. The second kappa shape index (κ2) is 10.6. The van der Waals surface area contributed by atoms with Gasteiger partial charge in [0.05, 0.1) is 17.6 Å². The van der Waals surface area contributed by atoms with Crippen molar-refractivity contribution in [2.45, 2.75) is 58.2 Å². The van der Waals surface area contributed by atoms with Gasteiger partial charge in [-0.05, 0) is 36.8 Å². The summed E-state index contributed by atoms with van der Waals surface area (Å²) in [5, 5.41) is 31.3. The SMILES string of the molecule is CC1(C)C(=O)[C@H](CC=CCCCC(=O)O)[C@@H](C=CC(O)Cc2cc3ccccc3s2)[C@H]1O. The van der Waals surface area contributed by atoms with E-state index in [0.717, 1.165) is 10.3 Å². The largest absolute Gasteiger partial charge is 0.481 e. The molecule has 1 fully saturated rings. The Bertz CT molecular complexity index is 970. The van der Waals surface area contributed by atoms with Crippen LogP contribution in [0.5, 0.6) is 0 Å². The summed E-state index contributed by atoms with van der Waals surface area (Å²) >= 11 is 1.66. The van der Waals surface area contributed by atoms with Crippen LogP contribution in [-0.2, 0) is 16.0 Å². The van der Waals surface area contributed by atoms with E-state index in [0.29, 0.717) is 25.7 Å². The average molecular weight is 457 g/mol. The Morgan fingerprint density at radius 1 is 1.25 bits per heavy atom. The van der Waals surface area contributed by atoms with Gasteiger partial charge in [0.2, 0.25) is 0 Å². The van der Waals surface area contributed by atoms with Crippen molar-refractivity contribution < 1.29 is 24.9 Å². The van der Waals surface area contributed by atoms with Gasteiger partial charge in [-0.25, -0.2) is 0 Å². The Hall–Kier alpha value is -2.28. The number of hydrogen-bond donors (Lipinski definition) is 3. The first kappa shape index (κ1) is 24.4. The number of thiophene rings is 1. The molecule has 5 nitrogen and oxygen atoms in total. The minimum Gasteiger partial charge on any atom is -0.481 e. The standard InChI is InChI=1S/C26H32O5S/c1-26(2)24(30)20(10-5-3-4-6-12-23(28)29)21(25(26)31)14-13-18(27)16-19-15-17-9-7-8-11-22(17)32-19/h3,5,7-9,11,13-15,18,20-21,25,27,31H,4,6,10,12,16H2,1-2H3,(H,28,29)/t18?,20-,21-,25-/m1/s1. The number of allylic oxidation sites excluding steroid dienone is 2. The third-order valence-electron chi connectivity index (χ3n) is 6.30. The zero-order valence-electron chi connectivity index (χ0n) is 18.6. The van der Waals surface area contributed by atoms with E-state index in [1.165, 1.54) is 4.70 Å². The number of benzene rings is 1. The molecule has 0 radical (unpaired) electrons.